The molecule has 0 unspecified atom stereocenters. The molecule has 0 aliphatic rings. The highest BCUT2D eigenvalue weighted by Crippen LogP contribution is 2.35. The minimum absolute atomic E-state index is 0.241. The second-order valence-electron chi connectivity index (χ2n) is 4.15. The van der Waals surface area contributed by atoms with E-state index in [9.17, 15) is 4.79 Å². The molecular formula is C15H11BrCl2O3. The van der Waals surface area contributed by atoms with Crippen molar-refractivity contribution in [2.24, 2.45) is 0 Å². The molecule has 0 saturated heterocycles. The zero-order valence-corrected chi connectivity index (χ0v) is 14.1. The van der Waals surface area contributed by atoms with Crippen molar-refractivity contribution in [2.75, 3.05) is 7.11 Å². The smallest absolute Gasteiger partial charge is 0.173 e. The van der Waals surface area contributed by atoms with E-state index >= 15 is 0 Å². The molecule has 0 aliphatic carbocycles. The topological polar surface area (TPSA) is 35.5 Å². The van der Waals surface area contributed by atoms with Crippen LogP contribution < -0.4 is 9.47 Å². The van der Waals surface area contributed by atoms with Crippen molar-refractivity contribution in [3.8, 4) is 11.5 Å². The lowest BCUT2D eigenvalue weighted by atomic mass is 10.2. The molecule has 0 aromatic heterocycles. The molecule has 0 heterocycles. The largest absolute Gasteiger partial charge is 0.493 e. The standard InChI is InChI=1S/C15H11BrCl2O3/c1-20-14-5-3-11(16)10(7-19)15(14)21-8-9-2-4-12(17)13(18)6-9/h2-7H,8H2,1H3. The Morgan fingerprint density at radius 3 is 2.57 bits per heavy atom. The molecule has 0 atom stereocenters. The maximum absolute atomic E-state index is 11.2. The van der Waals surface area contributed by atoms with Gasteiger partial charge in [0.2, 0.25) is 0 Å². The fourth-order valence-electron chi connectivity index (χ4n) is 1.76. The molecule has 0 bridgehead atoms. The van der Waals surface area contributed by atoms with E-state index in [-0.39, 0.29) is 6.61 Å². The third-order valence-electron chi connectivity index (χ3n) is 2.81. The first-order valence-electron chi connectivity index (χ1n) is 5.95. The number of benzene rings is 2. The van der Waals surface area contributed by atoms with Crippen molar-refractivity contribution in [3.05, 3.63) is 56.0 Å². The van der Waals surface area contributed by atoms with E-state index in [4.69, 9.17) is 32.7 Å². The van der Waals surface area contributed by atoms with Gasteiger partial charge in [0.25, 0.3) is 0 Å². The van der Waals surface area contributed by atoms with Crippen molar-refractivity contribution in [3.63, 3.8) is 0 Å². The van der Waals surface area contributed by atoms with E-state index in [2.05, 4.69) is 15.9 Å². The molecule has 0 spiro atoms. The van der Waals surface area contributed by atoms with Gasteiger partial charge in [0.1, 0.15) is 6.61 Å². The average molecular weight is 390 g/mol. The minimum Gasteiger partial charge on any atom is -0.493 e. The Bertz CT molecular complexity index is 674. The van der Waals surface area contributed by atoms with Gasteiger partial charge in [-0.05, 0) is 45.8 Å². The van der Waals surface area contributed by atoms with Crippen LogP contribution in [0.25, 0.3) is 0 Å². The Morgan fingerprint density at radius 1 is 1.19 bits per heavy atom. The van der Waals surface area contributed by atoms with Crippen molar-refractivity contribution >= 4 is 45.4 Å². The highest BCUT2D eigenvalue weighted by molar-refractivity contribution is 9.10. The van der Waals surface area contributed by atoms with E-state index in [0.29, 0.717) is 31.6 Å². The van der Waals surface area contributed by atoms with E-state index in [0.717, 1.165) is 11.8 Å². The van der Waals surface area contributed by atoms with Gasteiger partial charge < -0.3 is 9.47 Å². The van der Waals surface area contributed by atoms with Crippen LogP contribution in [0.15, 0.2) is 34.8 Å². The number of methoxy groups -OCH3 is 1. The molecule has 0 aliphatic heterocycles. The SMILES string of the molecule is COc1ccc(Br)c(C=O)c1OCc1ccc(Cl)c(Cl)c1. The zero-order valence-electron chi connectivity index (χ0n) is 11.0. The summed E-state index contributed by atoms with van der Waals surface area (Å²) in [6.07, 6.45) is 0.719. The summed E-state index contributed by atoms with van der Waals surface area (Å²) < 4.78 is 11.6. The summed E-state index contributed by atoms with van der Waals surface area (Å²) in [7, 11) is 1.52. The monoisotopic (exact) mass is 388 g/mol. The number of aldehydes is 1. The van der Waals surface area contributed by atoms with E-state index in [1.165, 1.54) is 7.11 Å². The Hall–Kier alpha value is -1.23. The summed E-state index contributed by atoms with van der Waals surface area (Å²) in [5, 5.41) is 0.934. The van der Waals surface area contributed by atoms with Crippen LogP contribution in [0.3, 0.4) is 0 Å². The molecule has 2 aromatic carbocycles. The van der Waals surface area contributed by atoms with E-state index in [1.54, 1.807) is 30.3 Å². The summed E-state index contributed by atoms with van der Waals surface area (Å²) in [5.41, 5.74) is 1.23. The van der Waals surface area contributed by atoms with Crippen LogP contribution >= 0.6 is 39.1 Å². The Balaban J connectivity index is 2.28. The van der Waals surface area contributed by atoms with Crippen LogP contribution in [0.5, 0.6) is 11.5 Å². The van der Waals surface area contributed by atoms with Crippen molar-refractivity contribution < 1.29 is 14.3 Å². The summed E-state index contributed by atoms with van der Waals surface area (Å²) in [4.78, 5) is 11.2. The zero-order chi connectivity index (χ0) is 15.4. The molecule has 0 radical (unpaired) electrons. The van der Waals surface area contributed by atoms with Gasteiger partial charge in [0, 0.05) is 4.47 Å². The number of hydrogen-bond donors (Lipinski definition) is 0. The number of halogens is 3. The van der Waals surface area contributed by atoms with Gasteiger partial charge >= 0.3 is 0 Å². The van der Waals surface area contributed by atoms with Crippen LogP contribution in [0, 0.1) is 0 Å². The number of hydrogen-bond acceptors (Lipinski definition) is 3. The van der Waals surface area contributed by atoms with Crippen LogP contribution in [-0.4, -0.2) is 13.4 Å². The molecule has 2 rings (SSSR count). The first-order valence-corrected chi connectivity index (χ1v) is 7.50. The fourth-order valence-corrected chi connectivity index (χ4v) is 2.49. The lowest BCUT2D eigenvalue weighted by Gasteiger charge is -2.14. The second kappa shape index (κ2) is 7.16. The number of carbonyl (C=O) groups is 1. The van der Waals surface area contributed by atoms with Gasteiger partial charge in [-0.25, -0.2) is 0 Å². The molecular weight excluding hydrogens is 379 g/mol. The lowest BCUT2D eigenvalue weighted by Crippen LogP contribution is -2.01. The molecule has 110 valence electrons. The van der Waals surface area contributed by atoms with Gasteiger partial charge in [0.15, 0.2) is 17.8 Å². The van der Waals surface area contributed by atoms with Crippen LogP contribution in [0.4, 0.5) is 0 Å². The maximum atomic E-state index is 11.2. The van der Waals surface area contributed by atoms with Crippen molar-refractivity contribution in [1.29, 1.82) is 0 Å². The van der Waals surface area contributed by atoms with E-state index in [1.807, 2.05) is 0 Å². The summed E-state index contributed by atoms with van der Waals surface area (Å²) in [6.45, 7) is 0.241. The Kier molecular flexibility index (Phi) is 5.51. The second-order valence-corrected chi connectivity index (χ2v) is 5.82. The first kappa shape index (κ1) is 16.1. The normalized spacial score (nSPS) is 10.3. The predicted octanol–water partition coefficient (Wildman–Crippen LogP) is 5.16. The average Bonchev–Trinajstić information content (AvgIpc) is 2.48. The third-order valence-corrected chi connectivity index (χ3v) is 4.24. The van der Waals surface area contributed by atoms with Gasteiger partial charge in [-0.2, -0.15) is 0 Å². The number of ether oxygens (including phenoxy) is 2. The molecule has 0 fully saturated rings. The van der Waals surface area contributed by atoms with Crippen LogP contribution in [-0.2, 0) is 6.61 Å². The molecule has 21 heavy (non-hydrogen) atoms. The molecule has 0 amide bonds. The first-order chi connectivity index (χ1) is 10.1. The van der Waals surface area contributed by atoms with Gasteiger partial charge in [-0.3, -0.25) is 4.79 Å². The molecule has 2 aromatic rings. The third kappa shape index (κ3) is 3.70. The van der Waals surface area contributed by atoms with Gasteiger partial charge in [-0.15, -0.1) is 0 Å². The van der Waals surface area contributed by atoms with Crippen molar-refractivity contribution in [1.82, 2.24) is 0 Å². The van der Waals surface area contributed by atoms with E-state index < -0.39 is 0 Å². The van der Waals surface area contributed by atoms with Gasteiger partial charge in [-0.1, -0.05) is 29.3 Å². The Labute approximate surface area is 140 Å². The summed E-state index contributed by atoms with van der Waals surface area (Å²) >= 11 is 15.1. The van der Waals surface area contributed by atoms with Crippen LogP contribution in [0.2, 0.25) is 10.0 Å². The number of carbonyl (C=O) groups excluding carboxylic acids is 1. The quantitative estimate of drug-likeness (QED) is 0.663. The molecule has 3 nitrogen and oxygen atoms in total. The molecule has 6 heteroatoms. The Morgan fingerprint density at radius 2 is 1.95 bits per heavy atom. The van der Waals surface area contributed by atoms with Crippen LogP contribution in [0.1, 0.15) is 15.9 Å². The van der Waals surface area contributed by atoms with Crippen molar-refractivity contribution in [2.45, 2.75) is 6.61 Å². The highest BCUT2D eigenvalue weighted by Gasteiger charge is 2.14. The maximum Gasteiger partial charge on any atom is 0.173 e. The summed E-state index contributed by atoms with van der Waals surface area (Å²) in [5.74, 6) is 0.869. The highest BCUT2D eigenvalue weighted by atomic mass is 79.9. The number of rotatable bonds is 5. The predicted molar refractivity (Wildman–Crippen MR) is 86.9 cm³/mol. The lowest BCUT2D eigenvalue weighted by molar-refractivity contribution is 0.111. The summed E-state index contributed by atoms with van der Waals surface area (Å²) in [6, 6.07) is 8.67. The van der Waals surface area contributed by atoms with Gasteiger partial charge in [0.05, 0.1) is 22.7 Å². The minimum atomic E-state index is 0.241. The molecule has 0 saturated carbocycles. The fraction of sp³-hybridized carbons (Fsp3) is 0.133. The molecule has 0 N–H and O–H groups in total.